The van der Waals surface area contributed by atoms with Crippen LogP contribution in [0.4, 0.5) is 11.5 Å². The number of anilines is 2. The number of hydrogen-bond acceptors (Lipinski definition) is 8. The number of halogens is 1. The number of nitrogens with zero attached hydrogens (tertiary/aromatic N) is 6. The van der Waals surface area contributed by atoms with E-state index in [0.29, 0.717) is 47.3 Å². The van der Waals surface area contributed by atoms with E-state index in [1.54, 1.807) is 35.2 Å². The molecule has 0 saturated carbocycles. The van der Waals surface area contributed by atoms with Crippen LogP contribution in [-0.4, -0.2) is 39.9 Å². The topological polar surface area (TPSA) is 154 Å². The Kier molecular flexibility index (Phi) is 9.58. The summed E-state index contributed by atoms with van der Waals surface area (Å²) in [6.45, 7) is 2.53. The molecule has 4 N–H and O–H groups in total. The monoisotopic (exact) mass is 706 g/mol. The largest absolute Gasteiger partial charge is 0.478 e. The molecule has 0 aliphatic carbocycles. The van der Waals surface area contributed by atoms with E-state index in [1.807, 2.05) is 52.9 Å². The number of carbonyl (C=O) groups is 1. The molecule has 1 unspecified atom stereocenters. The fourth-order valence-corrected chi connectivity index (χ4v) is 5.94. The van der Waals surface area contributed by atoms with Gasteiger partial charge in [0.05, 0.1) is 28.5 Å². The van der Waals surface area contributed by atoms with Gasteiger partial charge in [0.25, 0.3) is 5.56 Å². The number of aryl methyl sites for hydroxylation is 1. The molecule has 0 aliphatic heterocycles. The number of carboxylic acid groups (broad SMARTS) is 1. The molecule has 1 atom stereocenters. The van der Waals surface area contributed by atoms with E-state index in [4.69, 9.17) is 15.8 Å². The molecular formula is C30H28IN8O3P. The third-order valence-corrected chi connectivity index (χ3v) is 8.66. The molecule has 3 heterocycles. The molecule has 0 saturated heterocycles. The predicted molar refractivity (Wildman–Crippen MR) is 180 cm³/mol. The summed E-state index contributed by atoms with van der Waals surface area (Å²) in [6, 6.07) is 21.8. The lowest BCUT2D eigenvalue weighted by molar-refractivity contribution is 0.0697. The predicted octanol–water partition coefficient (Wildman–Crippen LogP) is 5.85. The second-order valence-electron chi connectivity index (χ2n) is 9.44. The van der Waals surface area contributed by atoms with Crippen molar-refractivity contribution >= 4 is 68.0 Å². The number of hydrogen-bond donors (Lipinski definition) is 3. The minimum Gasteiger partial charge on any atom is -0.478 e. The van der Waals surface area contributed by atoms with Gasteiger partial charge in [0.2, 0.25) is 0 Å². The summed E-state index contributed by atoms with van der Waals surface area (Å²) in [5.74, 6) is 0.227. The molecule has 3 aromatic carbocycles. The lowest BCUT2D eigenvalue weighted by Gasteiger charge is -2.15. The third kappa shape index (κ3) is 6.65. The van der Waals surface area contributed by atoms with Crippen LogP contribution in [0.5, 0.6) is 0 Å². The normalized spacial score (nSPS) is 11.1. The minimum atomic E-state index is -0.955. The average molecular weight is 706 g/mol. The Hall–Kier alpha value is -4.42. The Balaban J connectivity index is 0.000000255. The zero-order chi connectivity index (χ0) is 30.3. The first-order chi connectivity index (χ1) is 20.9. The fraction of sp³-hybridized carbons (Fsp3) is 0.133. The Bertz CT molecular complexity index is 1950. The van der Waals surface area contributed by atoms with Gasteiger partial charge >= 0.3 is 5.97 Å². The summed E-state index contributed by atoms with van der Waals surface area (Å²) >= 11 is 2.26. The number of nitrogens with two attached hydrogens (primary N) is 1. The van der Waals surface area contributed by atoms with Crippen molar-refractivity contribution in [3.63, 3.8) is 0 Å². The number of rotatable bonds is 8. The maximum absolute atomic E-state index is 13.6. The molecule has 11 nitrogen and oxygen atoms in total. The Morgan fingerprint density at radius 1 is 1.02 bits per heavy atom. The highest BCUT2D eigenvalue weighted by atomic mass is 127. The molecule has 0 amide bonds. The molecule has 13 heteroatoms. The molecule has 6 rings (SSSR count). The molecular weight excluding hydrogens is 678 g/mol. The van der Waals surface area contributed by atoms with Crippen LogP contribution in [0.1, 0.15) is 35.1 Å². The van der Waals surface area contributed by atoms with Gasteiger partial charge in [-0.05, 0) is 70.4 Å². The second-order valence-corrected chi connectivity index (χ2v) is 11.5. The summed E-state index contributed by atoms with van der Waals surface area (Å²) in [6.07, 6.45) is 5.34. The lowest BCUT2D eigenvalue weighted by Crippen LogP contribution is -2.24. The number of para-hydroxylation sites is 1. The van der Waals surface area contributed by atoms with Gasteiger partial charge in [0.15, 0.2) is 17.0 Å². The van der Waals surface area contributed by atoms with Crippen molar-refractivity contribution in [1.82, 2.24) is 28.8 Å². The van der Waals surface area contributed by atoms with Crippen LogP contribution in [0.3, 0.4) is 0 Å². The highest BCUT2D eigenvalue weighted by Gasteiger charge is 2.15. The van der Waals surface area contributed by atoms with Gasteiger partial charge in [-0.1, -0.05) is 43.3 Å². The van der Waals surface area contributed by atoms with E-state index in [0.717, 1.165) is 29.1 Å². The van der Waals surface area contributed by atoms with Crippen LogP contribution in [0, 0.1) is 0 Å². The van der Waals surface area contributed by atoms with Crippen LogP contribution in [0.15, 0.2) is 90.2 Å². The van der Waals surface area contributed by atoms with Crippen LogP contribution < -0.4 is 16.6 Å². The zero-order valence-electron chi connectivity index (χ0n) is 23.1. The van der Waals surface area contributed by atoms with E-state index in [2.05, 4.69) is 49.2 Å². The maximum atomic E-state index is 13.6. The van der Waals surface area contributed by atoms with Crippen LogP contribution in [-0.2, 0) is 13.0 Å². The van der Waals surface area contributed by atoms with Gasteiger partial charge < -0.3 is 16.2 Å². The summed E-state index contributed by atoms with van der Waals surface area (Å²) in [4.78, 5) is 41.5. The molecule has 0 bridgehead atoms. The second kappa shape index (κ2) is 13.7. The molecule has 218 valence electrons. The molecule has 0 aliphatic rings. The number of fused-ring (bicyclic) bond motifs is 2. The van der Waals surface area contributed by atoms with Crippen molar-refractivity contribution in [2.24, 2.45) is 0 Å². The van der Waals surface area contributed by atoms with E-state index < -0.39 is 5.97 Å². The number of carboxylic acids is 1. The van der Waals surface area contributed by atoms with Gasteiger partial charge in [0, 0.05) is 18.7 Å². The number of benzene rings is 3. The lowest BCUT2D eigenvalue weighted by atomic mass is 10.1. The van der Waals surface area contributed by atoms with Crippen LogP contribution >= 0.6 is 28.4 Å². The molecule has 6 aromatic rings. The quantitative estimate of drug-likeness (QED) is 0.131. The first-order valence-electron chi connectivity index (χ1n) is 13.4. The first kappa shape index (κ1) is 30.1. The molecule has 3 aromatic heterocycles. The third-order valence-electron chi connectivity index (χ3n) is 6.59. The molecule has 0 spiro atoms. The molecule has 43 heavy (non-hydrogen) atoms. The zero-order valence-corrected chi connectivity index (χ0v) is 26.3. The van der Waals surface area contributed by atoms with Crippen molar-refractivity contribution in [2.45, 2.75) is 26.3 Å². The Morgan fingerprint density at radius 2 is 1.79 bits per heavy atom. The van der Waals surface area contributed by atoms with Crippen molar-refractivity contribution in [1.29, 1.82) is 0 Å². The Labute approximate surface area is 261 Å². The summed E-state index contributed by atoms with van der Waals surface area (Å²) < 4.78 is 3.63. The van der Waals surface area contributed by atoms with Gasteiger partial charge in [-0.25, -0.2) is 24.7 Å². The maximum Gasteiger partial charge on any atom is 0.335 e. The number of aromatic nitrogens is 6. The summed E-state index contributed by atoms with van der Waals surface area (Å²) in [5.41, 5.74) is 10.3. The number of aromatic carboxylic acids is 1. The van der Waals surface area contributed by atoms with Crippen LogP contribution in [0.2, 0.25) is 0 Å². The van der Waals surface area contributed by atoms with Crippen LogP contribution in [0.25, 0.3) is 27.8 Å². The fourth-order valence-electron chi connectivity index (χ4n) is 4.54. The molecule has 0 radical (unpaired) electrons. The van der Waals surface area contributed by atoms with Gasteiger partial charge in [0.1, 0.15) is 18.5 Å². The van der Waals surface area contributed by atoms with E-state index in [-0.39, 0.29) is 11.1 Å². The number of nitrogen functional groups attached to an aromatic ring is 1. The number of imidazole rings is 1. The standard InChI is InChI=1S/C25H23N3O3.C5H5IN5P/c1-2-7-22-27-21-11-6-10-20(26-16-17-12-14-18(15-13-17)25(30)31)23(21)24(29)28(22)19-8-4-3-5-9-19;6-12-11-2-10-3-4(7)8-1-9-5(3)11/h3-6,8-15,26H,2,7,16H2,1H3,(H,30,31);1-2,12H,(H2,7,8,9). The summed E-state index contributed by atoms with van der Waals surface area (Å²) in [7, 11) is 0. The van der Waals surface area contributed by atoms with E-state index >= 15 is 0 Å². The SMILES string of the molecule is CCCc1nc2cccc(NCc3ccc(C(=O)O)cc3)c2c(=O)n1-c1ccccc1.Nc1ncnc2c1ncn2PI. The van der Waals surface area contributed by atoms with Crippen molar-refractivity contribution < 1.29 is 9.90 Å². The van der Waals surface area contributed by atoms with Gasteiger partial charge in [-0.3, -0.25) is 13.7 Å². The smallest absolute Gasteiger partial charge is 0.335 e. The van der Waals surface area contributed by atoms with Gasteiger partial charge in [-0.2, -0.15) is 0 Å². The minimum absolute atomic E-state index is 0.107. The highest BCUT2D eigenvalue weighted by Crippen LogP contribution is 2.28. The van der Waals surface area contributed by atoms with Crippen molar-refractivity contribution in [2.75, 3.05) is 11.1 Å². The molecule has 0 fully saturated rings. The van der Waals surface area contributed by atoms with Crippen molar-refractivity contribution in [3.8, 4) is 5.69 Å². The average Bonchev–Trinajstić information content (AvgIpc) is 3.46. The van der Waals surface area contributed by atoms with Crippen molar-refractivity contribution in [3.05, 3.63) is 113 Å². The first-order valence-corrected chi connectivity index (χ1v) is 17.4. The van der Waals surface area contributed by atoms with E-state index in [9.17, 15) is 9.59 Å². The number of nitrogens with one attached hydrogen (secondary N) is 1. The Morgan fingerprint density at radius 3 is 2.49 bits per heavy atom. The van der Waals surface area contributed by atoms with E-state index in [1.165, 1.54) is 6.33 Å². The summed E-state index contributed by atoms with van der Waals surface area (Å²) in [5, 5.41) is 12.9. The van der Waals surface area contributed by atoms with Gasteiger partial charge in [-0.15, -0.1) is 0 Å². The highest BCUT2D eigenvalue weighted by molar-refractivity contribution is 14.2.